The van der Waals surface area contributed by atoms with Gasteiger partial charge in [-0.15, -0.1) is 0 Å². The number of aliphatic hydroxyl groups is 1. The average Bonchev–Trinajstić information content (AvgIpc) is 2.25. The Morgan fingerprint density at radius 1 is 1.35 bits per heavy atom. The number of rotatable bonds is 5. The molecular formula is C13H25NO3. The minimum Gasteiger partial charge on any atom is -0.481 e. The molecule has 0 saturated carbocycles. The Hall–Kier alpha value is -0.610. The van der Waals surface area contributed by atoms with Gasteiger partial charge in [-0.25, -0.2) is 0 Å². The molecule has 0 amide bonds. The monoisotopic (exact) mass is 243 g/mol. The number of carboxylic acids is 1. The molecule has 100 valence electrons. The molecule has 0 spiro atoms. The molecule has 4 nitrogen and oxygen atoms in total. The number of carboxylic acid groups (broad SMARTS) is 1. The summed E-state index contributed by atoms with van der Waals surface area (Å²) in [6.45, 7) is 7.81. The zero-order valence-electron chi connectivity index (χ0n) is 11.1. The molecule has 4 heteroatoms. The SMILES string of the molecule is CCCC(C(=O)O)C1(O)CCN(C(C)C)CC1. The van der Waals surface area contributed by atoms with E-state index in [0.717, 1.165) is 19.5 Å². The fraction of sp³-hybridized carbons (Fsp3) is 0.923. The molecule has 2 N–H and O–H groups in total. The molecule has 1 aliphatic rings. The quantitative estimate of drug-likeness (QED) is 0.772. The molecule has 0 aromatic heterocycles. The number of aliphatic carboxylic acids is 1. The summed E-state index contributed by atoms with van der Waals surface area (Å²) in [5.41, 5.74) is -1.01. The fourth-order valence-electron chi connectivity index (χ4n) is 2.69. The molecule has 0 aliphatic carbocycles. The molecule has 0 aromatic carbocycles. The second-order valence-electron chi connectivity index (χ2n) is 5.41. The van der Waals surface area contributed by atoms with Crippen LogP contribution in [-0.4, -0.2) is 45.8 Å². The molecule has 0 bridgehead atoms. The zero-order valence-corrected chi connectivity index (χ0v) is 11.1. The fourth-order valence-corrected chi connectivity index (χ4v) is 2.69. The highest BCUT2D eigenvalue weighted by Gasteiger charge is 2.43. The molecule has 0 aromatic rings. The number of piperidine rings is 1. The predicted octanol–water partition coefficient (Wildman–Crippen LogP) is 1.72. The van der Waals surface area contributed by atoms with Crippen molar-refractivity contribution in [3.8, 4) is 0 Å². The number of nitrogens with zero attached hydrogens (tertiary/aromatic N) is 1. The Bertz CT molecular complexity index is 257. The predicted molar refractivity (Wildman–Crippen MR) is 66.9 cm³/mol. The van der Waals surface area contributed by atoms with Crippen molar-refractivity contribution >= 4 is 5.97 Å². The van der Waals surface area contributed by atoms with Crippen LogP contribution in [0, 0.1) is 5.92 Å². The number of carbonyl (C=O) groups is 1. The summed E-state index contributed by atoms with van der Waals surface area (Å²) >= 11 is 0. The first-order valence-corrected chi connectivity index (χ1v) is 6.60. The maximum atomic E-state index is 11.2. The van der Waals surface area contributed by atoms with E-state index in [1.54, 1.807) is 0 Å². The summed E-state index contributed by atoms with van der Waals surface area (Å²) in [6.07, 6.45) is 2.50. The molecular weight excluding hydrogens is 218 g/mol. The van der Waals surface area contributed by atoms with Gasteiger partial charge in [-0.1, -0.05) is 13.3 Å². The van der Waals surface area contributed by atoms with Gasteiger partial charge in [-0.05, 0) is 33.1 Å². The third-order valence-electron chi connectivity index (χ3n) is 3.92. The van der Waals surface area contributed by atoms with Crippen LogP contribution in [0.2, 0.25) is 0 Å². The molecule has 1 saturated heterocycles. The van der Waals surface area contributed by atoms with Crippen molar-refractivity contribution in [2.24, 2.45) is 5.92 Å². The molecule has 1 unspecified atom stereocenters. The lowest BCUT2D eigenvalue weighted by Gasteiger charge is -2.42. The summed E-state index contributed by atoms with van der Waals surface area (Å²) in [5, 5.41) is 19.7. The van der Waals surface area contributed by atoms with Crippen LogP contribution in [0.3, 0.4) is 0 Å². The molecule has 1 heterocycles. The van der Waals surface area contributed by atoms with Gasteiger partial charge in [0.15, 0.2) is 0 Å². The number of hydrogen-bond acceptors (Lipinski definition) is 3. The Morgan fingerprint density at radius 3 is 2.24 bits per heavy atom. The van der Waals surface area contributed by atoms with Crippen LogP contribution < -0.4 is 0 Å². The summed E-state index contributed by atoms with van der Waals surface area (Å²) < 4.78 is 0. The lowest BCUT2D eigenvalue weighted by molar-refractivity contribution is -0.157. The smallest absolute Gasteiger partial charge is 0.309 e. The molecule has 1 atom stereocenters. The van der Waals surface area contributed by atoms with Crippen LogP contribution in [0.5, 0.6) is 0 Å². The van der Waals surface area contributed by atoms with Gasteiger partial charge >= 0.3 is 5.97 Å². The van der Waals surface area contributed by atoms with E-state index in [1.165, 1.54) is 0 Å². The van der Waals surface area contributed by atoms with Crippen LogP contribution in [0.1, 0.15) is 46.5 Å². The van der Waals surface area contributed by atoms with Crippen LogP contribution in [0.15, 0.2) is 0 Å². The summed E-state index contributed by atoms with van der Waals surface area (Å²) in [6, 6.07) is 0.467. The van der Waals surface area contributed by atoms with Gasteiger partial charge in [-0.2, -0.15) is 0 Å². The highest BCUT2D eigenvalue weighted by atomic mass is 16.4. The maximum Gasteiger partial charge on any atom is 0.309 e. The first kappa shape index (κ1) is 14.5. The van der Waals surface area contributed by atoms with Gasteiger partial charge in [0.2, 0.25) is 0 Å². The van der Waals surface area contributed by atoms with Crippen molar-refractivity contribution in [1.29, 1.82) is 0 Å². The van der Waals surface area contributed by atoms with E-state index >= 15 is 0 Å². The van der Waals surface area contributed by atoms with Crippen LogP contribution in [0.4, 0.5) is 0 Å². The summed E-state index contributed by atoms with van der Waals surface area (Å²) in [5.74, 6) is -1.46. The van der Waals surface area contributed by atoms with Gasteiger partial charge in [0, 0.05) is 19.1 Å². The number of hydrogen-bond donors (Lipinski definition) is 2. The Morgan fingerprint density at radius 2 is 1.88 bits per heavy atom. The molecule has 0 radical (unpaired) electrons. The number of likely N-dealkylation sites (tertiary alicyclic amines) is 1. The lowest BCUT2D eigenvalue weighted by atomic mass is 9.77. The standard InChI is InChI=1S/C13H25NO3/c1-4-5-11(12(15)16)13(17)6-8-14(9-7-13)10(2)3/h10-11,17H,4-9H2,1-3H3,(H,15,16). The Kier molecular flexibility index (Phi) is 4.95. The first-order chi connectivity index (χ1) is 7.90. The van der Waals surface area contributed by atoms with Crippen molar-refractivity contribution < 1.29 is 15.0 Å². The van der Waals surface area contributed by atoms with Crippen molar-refractivity contribution in [1.82, 2.24) is 4.90 Å². The molecule has 17 heavy (non-hydrogen) atoms. The van der Waals surface area contributed by atoms with E-state index < -0.39 is 17.5 Å². The summed E-state index contributed by atoms with van der Waals surface area (Å²) in [7, 11) is 0. The van der Waals surface area contributed by atoms with Gasteiger partial charge in [0.05, 0.1) is 11.5 Å². The maximum absolute atomic E-state index is 11.2. The van der Waals surface area contributed by atoms with Crippen LogP contribution in [0.25, 0.3) is 0 Å². The normalized spacial score (nSPS) is 22.6. The zero-order chi connectivity index (χ0) is 13.1. The summed E-state index contributed by atoms with van der Waals surface area (Å²) in [4.78, 5) is 13.5. The van der Waals surface area contributed by atoms with E-state index in [0.29, 0.717) is 25.3 Å². The van der Waals surface area contributed by atoms with E-state index in [4.69, 9.17) is 0 Å². The third kappa shape index (κ3) is 3.42. The Balaban J connectivity index is 2.66. The van der Waals surface area contributed by atoms with E-state index in [-0.39, 0.29) is 0 Å². The molecule has 1 rings (SSSR count). The van der Waals surface area contributed by atoms with E-state index in [2.05, 4.69) is 18.7 Å². The molecule has 1 aliphatic heterocycles. The third-order valence-corrected chi connectivity index (χ3v) is 3.92. The Labute approximate surface area is 104 Å². The van der Waals surface area contributed by atoms with Gasteiger partial charge < -0.3 is 15.1 Å². The van der Waals surface area contributed by atoms with E-state index in [9.17, 15) is 15.0 Å². The van der Waals surface area contributed by atoms with Crippen LogP contribution in [-0.2, 0) is 4.79 Å². The van der Waals surface area contributed by atoms with Crippen molar-refractivity contribution in [3.63, 3.8) is 0 Å². The highest BCUT2D eigenvalue weighted by molar-refractivity contribution is 5.71. The van der Waals surface area contributed by atoms with Crippen molar-refractivity contribution in [2.45, 2.75) is 58.1 Å². The van der Waals surface area contributed by atoms with Crippen molar-refractivity contribution in [3.05, 3.63) is 0 Å². The lowest BCUT2D eigenvalue weighted by Crippen LogP contribution is -2.52. The minimum absolute atomic E-state index is 0.467. The van der Waals surface area contributed by atoms with Gasteiger partial charge in [0.25, 0.3) is 0 Å². The van der Waals surface area contributed by atoms with Gasteiger partial charge in [-0.3, -0.25) is 4.79 Å². The minimum atomic E-state index is -1.01. The molecule has 1 fully saturated rings. The van der Waals surface area contributed by atoms with Gasteiger partial charge in [0.1, 0.15) is 0 Å². The topological polar surface area (TPSA) is 60.8 Å². The largest absolute Gasteiger partial charge is 0.481 e. The second-order valence-corrected chi connectivity index (χ2v) is 5.41. The van der Waals surface area contributed by atoms with Crippen molar-refractivity contribution in [2.75, 3.05) is 13.1 Å². The highest BCUT2D eigenvalue weighted by Crippen LogP contribution is 2.33. The van der Waals surface area contributed by atoms with Crippen LogP contribution >= 0.6 is 0 Å². The first-order valence-electron chi connectivity index (χ1n) is 6.60. The van der Waals surface area contributed by atoms with E-state index in [1.807, 2.05) is 6.92 Å². The average molecular weight is 243 g/mol. The second kappa shape index (κ2) is 5.83.